The van der Waals surface area contributed by atoms with E-state index in [1.165, 1.54) is 0 Å². The standard InChI is InChI=1S/C13H17N3O3/c1-9(7-12(17)18)16-8-11(15(2)13(16)19)10-3-5-14-6-4-10/h3-6,9,11H,7-8H2,1-2H3,(H,17,18). The number of urea groups is 1. The second-order valence-corrected chi connectivity index (χ2v) is 4.79. The van der Waals surface area contributed by atoms with Crippen LogP contribution in [-0.4, -0.2) is 51.5 Å². The molecule has 2 atom stereocenters. The van der Waals surface area contributed by atoms with Crippen molar-refractivity contribution in [2.75, 3.05) is 13.6 Å². The number of likely N-dealkylation sites (N-methyl/N-ethyl adjacent to an activating group) is 1. The van der Waals surface area contributed by atoms with Crippen molar-refractivity contribution in [1.82, 2.24) is 14.8 Å². The Morgan fingerprint density at radius 1 is 1.53 bits per heavy atom. The molecule has 1 aliphatic rings. The summed E-state index contributed by atoms with van der Waals surface area (Å²) in [5, 5.41) is 8.82. The Kier molecular flexibility index (Phi) is 3.69. The number of nitrogens with zero attached hydrogens (tertiary/aromatic N) is 3. The number of aliphatic carboxylic acids is 1. The molecule has 1 fully saturated rings. The van der Waals surface area contributed by atoms with Gasteiger partial charge in [-0.25, -0.2) is 4.79 Å². The first-order chi connectivity index (χ1) is 9.00. The molecule has 0 aromatic carbocycles. The van der Waals surface area contributed by atoms with Crippen molar-refractivity contribution in [1.29, 1.82) is 0 Å². The fourth-order valence-corrected chi connectivity index (χ4v) is 2.37. The van der Waals surface area contributed by atoms with Crippen LogP contribution in [0.2, 0.25) is 0 Å². The Morgan fingerprint density at radius 3 is 2.74 bits per heavy atom. The van der Waals surface area contributed by atoms with Gasteiger partial charge in [-0.2, -0.15) is 0 Å². The zero-order valence-electron chi connectivity index (χ0n) is 11.0. The van der Waals surface area contributed by atoms with E-state index >= 15 is 0 Å². The quantitative estimate of drug-likeness (QED) is 0.890. The smallest absolute Gasteiger partial charge is 0.320 e. The Bertz CT molecular complexity index is 477. The third kappa shape index (κ3) is 2.67. The lowest BCUT2D eigenvalue weighted by Gasteiger charge is -2.22. The van der Waals surface area contributed by atoms with Gasteiger partial charge in [-0.05, 0) is 24.6 Å². The molecule has 2 amide bonds. The monoisotopic (exact) mass is 263 g/mol. The SMILES string of the molecule is CC(CC(=O)O)N1CC(c2ccncc2)N(C)C1=O. The summed E-state index contributed by atoms with van der Waals surface area (Å²) in [5.41, 5.74) is 1.01. The highest BCUT2D eigenvalue weighted by atomic mass is 16.4. The molecule has 0 radical (unpaired) electrons. The van der Waals surface area contributed by atoms with Crippen molar-refractivity contribution in [3.05, 3.63) is 30.1 Å². The van der Waals surface area contributed by atoms with Crippen LogP contribution in [0.15, 0.2) is 24.5 Å². The Hall–Kier alpha value is -2.11. The van der Waals surface area contributed by atoms with Gasteiger partial charge in [0.05, 0.1) is 12.5 Å². The number of carbonyl (C=O) groups is 2. The molecule has 2 rings (SSSR count). The van der Waals surface area contributed by atoms with E-state index in [1.807, 2.05) is 12.1 Å². The number of aromatic nitrogens is 1. The van der Waals surface area contributed by atoms with Crippen LogP contribution in [0.1, 0.15) is 24.9 Å². The van der Waals surface area contributed by atoms with E-state index in [0.29, 0.717) is 6.54 Å². The van der Waals surface area contributed by atoms with Crippen molar-refractivity contribution in [2.45, 2.75) is 25.4 Å². The predicted octanol–water partition coefficient (Wildman–Crippen LogP) is 1.35. The number of amides is 2. The van der Waals surface area contributed by atoms with Gasteiger partial charge in [-0.15, -0.1) is 0 Å². The van der Waals surface area contributed by atoms with Crippen molar-refractivity contribution >= 4 is 12.0 Å². The Labute approximate surface area is 111 Å². The first-order valence-corrected chi connectivity index (χ1v) is 6.16. The molecular formula is C13H17N3O3. The summed E-state index contributed by atoms with van der Waals surface area (Å²) < 4.78 is 0. The molecule has 1 saturated heterocycles. The van der Waals surface area contributed by atoms with Crippen LogP contribution in [0, 0.1) is 0 Å². The minimum atomic E-state index is -0.893. The lowest BCUT2D eigenvalue weighted by molar-refractivity contribution is -0.137. The normalized spacial score (nSPS) is 20.7. The van der Waals surface area contributed by atoms with Gasteiger partial charge in [-0.3, -0.25) is 9.78 Å². The summed E-state index contributed by atoms with van der Waals surface area (Å²) in [6.07, 6.45) is 3.34. The van der Waals surface area contributed by atoms with Gasteiger partial charge in [0.15, 0.2) is 0 Å². The van der Waals surface area contributed by atoms with E-state index in [4.69, 9.17) is 5.11 Å². The molecule has 1 aromatic heterocycles. The van der Waals surface area contributed by atoms with E-state index in [-0.39, 0.29) is 24.5 Å². The van der Waals surface area contributed by atoms with Crippen LogP contribution < -0.4 is 0 Å². The van der Waals surface area contributed by atoms with Crippen molar-refractivity contribution in [2.24, 2.45) is 0 Å². The molecule has 19 heavy (non-hydrogen) atoms. The number of carbonyl (C=O) groups excluding carboxylic acids is 1. The zero-order chi connectivity index (χ0) is 14.0. The van der Waals surface area contributed by atoms with Gasteiger partial charge >= 0.3 is 12.0 Å². The van der Waals surface area contributed by atoms with Crippen LogP contribution in [0.25, 0.3) is 0 Å². The van der Waals surface area contributed by atoms with E-state index < -0.39 is 5.97 Å². The van der Waals surface area contributed by atoms with Gasteiger partial charge in [0.1, 0.15) is 0 Å². The average molecular weight is 263 g/mol. The summed E-state index contributed by atoms with van der Waals surface area (Å²) in [6.45, 7) is 2.27. The van der Waals surface area contributed by atoms with Crippen LogP contribution >= 0.6 is 0 Å². The lowest BCUT2D eigenvalue weighted by atomic mass is 10.1. The van der Waals surface area contributed by atoms with E-state index in [9.17, 15) is 9.59 Å². The van der Waals surface area contributed by atoms with Gasteiger partial charge in [-0.1, -0.05) is 0 Å². The number of carboxylic acid groups (broad SMARTS) is 1. The Morgan fingerprint density at radius 2 is 2.16 bits per heavy atom. The third-order valence-corrected chi connectivity index (χ3v) is 3.48. The third-order valence-electron chi connectivity index (χ3n) is 3.48. The van der Waals surface area contributed by atoms with Crippen molar-refractivity contribution in [3.8, 4) is 0 Å². The van der Waals surface area contributed by atoms with E-state index in [2.05, 4.69) is 4.98 Å². The number of hydrogen-bond acceptors (Lipinski definition) is 3. The molecule has 6 heteroatoms. The minimum absolute atomic E-state index is 0.0390. The second-order valence-electron chi connectivity index (χ2n) is 4.79. The van der Waals surface area contributed by atoms with Crippen LogP contribution in [0.3, 0.4) is 0 Å². The summed E-state index contributed by atoms with van der Waals surface area (Å²) >= 11 is 0. The highest BCUT2D eigenvalue weighted by Gasteiger charge is 2.38. The van der Waals surface area contributed by atoms with E-state index in [1.54, 1.807) is 36.2 Å². The second kappa shape index (κ2) is 5.26. The maximum absolute atomic E-state index is 12.2. The average Bonchev–Trinajstić information content (AvgIpc) is 2.67. The summed E-state index contributed by atoms with van der Waals surface area (Å²) in [5.74, 6) is -0.893. The minimum Gasteiger partial charge on any atom is -0.481 e. The number of hydrogen-bond donors (Lipinski definition) is 1. The fraction of sp³-hybridized carbons (Fsp3) is 0.462. The van der Waals surface area contributed by atoms with Gasteiger partial charge in [0, 0.05) is 32.0 Å². The fourth-order valence-electron chi connectivity index (χ4n) is 2.37. The molecule has 0 bridgehead atoms. The van der Waals surface area contributed by atoms with Crippen LogP contribution in [-0.2, 0) is 4.79 Å². The molecular weight excluding hydrogens is 246 g/mol. The van der Waals surface area contributed by atoms with Gasteiger partial charge < -0.3 is 14.9 Å². The number of carboxylic acids is 1. The van der Waals surface area contributed by atoms with Crippen LogP contribution in [0.4, 0.5) is 4.79 Å². The molecule has 1 aromatic rings. The maximum atomic E-state index is 12.2. The summed E-state index contributed by atoms with van der Waals surface area (Å²) in [4.78, 5) is 30.1. The molecule has 2 heterocycles. The van der Waals surface area contributed by atoms with Gasteiger partial charge in [0.2, 0.25) is 0 Å². The lowest BCUT2D eigenvalue weighted by Crippen LogP contribution is -2.37. The highest BCUT2D eigenvalue weighted by molar-refractivity contribution is 5.78. The molecule has 6 nitrogen and oxygen atoms in total. The Balaban J connectivity index is 2.15. The molecule has 2 unspecified atom stereocenters. The summed E-state index contributed by atoms with van der Waals surface area (Å²) in [6, 6.07) is 3.26. The van der Waals surface area contributed by atoms with Crippen molar-refractivity contribution in [3.63, 3.8) is 0 Å². The maximum Gasteiger partial charge on any atom is 0.320 e. The first kappa shape index (κ1) is 13.3. The topological polar surface area (TPSA) is 73.7 Å². The first-order valence-electron chi connectivity index (χ1n) is 6.16. The number of rotatable bonds is 4. The number of pyridine rings is 1. The highest BCUT2D eigenvalue weighted by Crippen LogP contribution is 2.29. The zero-order valence-corrected chi connectivity index (χ0v) is 11.0. The predicted molar refractivity (Wildman–Crippen MR) is 68.6 cm³/mol. The largest absolute Gasteiger partial charge is 0.481 e. The van der Waals surface area contributed by atoms with E-state index in [0.717, 1.165) is 5.56 Å². The molecule has 102 valence electrons. The molecule has 0 saturated carbocycles. The molecule has 0 aliphatic carbocycles. The summed E-state index contributed by atoms with van der Waals surface area (Å²) in [7, 11) is 1.74. The molecule has 0 spiro atoms. The van der Waals surface area contributed by atoms with Crippen molar-refractivity contribution < 1.29 is 14.7 Å². The molecule has 1 N–H and O–H groups in total. The van der Waals surface area contributed by atoms with Gasteiger partial charge in [0.25, 0.3) is 0 Å². The molecule has 1 aliphatic heterocycles. The van der Waals surface area contributed by atoms with Crippen LogP contribution in [0.5, 0.6) is 0 Å².